The number of amides is 3. The molecule has 3 amide bonds. The zero-order valence-electron chi connectivity index (χ0n) is 17.0. The van der Waals surface area contributed by atoms with E-state index in [9.17, 15) is 14.4 Å². The fourth-order valence-electron chi connectivity index (χ4n) is 3.91. The predicted octanol–water partition coefficient (Wildman–Crippen LogP) is 3.20. The highest BCUT2D eigenvalue weighted by atomic mass is 16.5. The number of nitrogens with zero attached hydrogens (tertiary/aromatic N) is 2. The second kappa shape index (κ2) is 8.57. The number of anilines is 3. The lowest BCUT2D eigenvalue weighted by atomic mass is 10.1. The Morgan fingerprint density at radius 3 is 2.30 bits per heavy atom. The largest absolute Gasteiger partial charge is 0.494 e. The average molecular weight is 407 g/mol. The van der Waals surface area contributed by atoms with Crippen molar-refractivity contribution in [2.75, 3.05) is 34.8 Å². The predicted molar refractivity (Wildman–Crippen MR) is 115 cm³/mol. The summed E-state index contributed by atoms with van der Waals surface area (Å²) in [7, 11) is 0. The Balaban J connectivity index is 1.37. The van der Waals surface area contributed by atoms with Crippen LogP contribution in [-0.4, -0.2) is 37.4 Å². The van der Waals surface area contributed by atoms with E-state index in [2.05, 4.69) is 5.32 Å². The monoisotopic (exact) mass is 407 g/mol. The molecule has 1 atom stereocenters. The van der Waals surface area contributed by atoms with Crippen LogP contribution in [0.5, 0.6) is 5.75 Å². The third-order valence-corrected chi connectivity index (χ3v) is 5.48. The summed E-state index contributed by atoms with van der Waals surface area (Å²) >= 11 is 0. The first-order valence-electron chi connectivity index (χ1n) is 10.3. The summed E-state index contributed by atoms with van der Waals surface area (Å²) < 4.78 is 5.43. The molecule has 0 aliphatic carbocycles. The number of carbonyl (C=O) groups is 3. The molecule has 0 radical (unpaired) electrons. The molecule has 0 saturated carbocycles. The van der Waals surface area contributed by atoms with E-state index >= 15 is 0 Å². The van der Waals surface area contributed by atoms with Gasteiger partial charge in [0.25, 0.3) is 0 Å². The van der Waals surface area contributed by atoms with Gasteiger partial charge < -0.3 is 19.9 Å². The number of ether oxygens (including phenoxy) is 1. The van der Waals surface area contributed by atoms with E-state index in [4.69, 9.17) is 4.74 Å². The van der Waals surface area contributed by atoms with Gasteiger partial charge in [-0.15, -0.1) is 0 Å². The van der Waals surface area contributed by atoms with Gasteiger partial charge in [-0.1, -0.05) is 0 Å². The maximum Gasteiger partial charge on any atom is 0.229 e. The van der Waals surface area contributed by atoms with E-state index in [1.807, 2.05) is 43.3 Å². The number of rotatable bonds is 6. The minimum Gasteiger partial charge on any atom is -0.494 e. The van der Waals surface area contributed by atoms with Crippen LogP contribution in [0, 0.1) is 5.92 Å². The lowest BCUT2D eigenvalue weighted by molar-refractivity contribution is -0.122. The van der Waals surface area contributed by atoms with E-state index in [0.717, 1.165) is 30.1 Å². The molecule has 0 spiro atoms. The van der Waals surface area contributed by atoms with Gasteiger partial charge in [0.05, 0.1) is 12.5 Å². The maximum atomic E-state index is 12.7. The molecule has 2 fully saturated rings. The second-order valence-corrected chi connectivity index (χ2v) is 7.52. The molecule has 7 nitrogen and oxygen atoms in total. The van der Waals surface area contributed by atoms with Crippen molar-refractivity contribution < 1.29 is 19.1 Å². The summed E-state index contributed by atoms with van der Waals surface area (Å²) in [6.45, 7) is 3.58. The van der Waals surface area contributed by atoms with Gasteiger partial charge in [-0.2, -0.15) is 0 Å². The Morgan fingerprint density at radius 1 is 1.00 bits per heavy atom. The molecule has 2 heterocycles. The molecular weight excluding hydrogens is 382 g/mol. The molecule has 0 aromatic heterocycles. The summed E-state index contributed by atoms with van der Waals surface area (Å²) in [6.07, 6.45) is 1.64. The number of carbonyl (C=O) groups excluding carboxylic acids is 3. The molecular formula is C23H25N3O4. The van der Waals surface area contributed by atoms with Crippen LogP contribution in [-0.2, 0) is 14.4 Å². The maximum absolute atomic E-state index is 12.7. The first-order chi connectivity index (χ1) is 14.5. The van der Waals surface area contributed by atoms with Crippen molar-refractivity contribution in [2.45, 2.75) is 26.2 Å². The van der Waals surface area contributed by atoms with Crippen LogP contribution in [0.2, 0.25) is 0 Å². The van der Waals surface area contributed by atoms with Gasteiger partial charge in [-0.05, 0) is 61.9 Å². The molecule has 30 heavy (non-hydrogen) atoms. The van der Waals surface area contributed by atoms with Crippen molar-refractivity contribution >= 4 is 34.8 Å². The molecule has 2 aliphatic rings. The third-order valence-electron chi connectivity index (χ3n) is 5.48. The Labute approximate surface area is 175 Å². The van der Waals surface area contributed by atoms with Gasteiger partial charge in [0, 0.05) is 43.0 Å². The van der Waals surface area contributed by atoms with Crippen LogP contribution < -0.4 is 19.9 Å². The van der Waals surface area contributed by atoms with Gasteiger partial charge in [-0.3, -0.25) is 14.4 Å². The Kier molecular flexibility index (Phi) is 5.70. The number of benzene rings is 2. The van der Waals surface area contributed by atoms with Crippen LogP contribution in [0.15, 0.2) is 48.5 Å². The Bertz CT molecular complexity index is 940. The standard InChI is InChI=1S/C23H25N3O4/c1-2-30-20-11-9-19(10-12-20)26-15-16(14-22(26)28)23(29)24-17-5-7-18(8-6-17)25-13-3-4-21(25)27/h5-12,16H,2-4,13-15H2,1H3,(H,24,29). The average Bonchev–Trinajstić information content (AvgIpc) is 3.35. The molecule has 1 N–H and O–H groups in total. The van der Waals surface area contributed by atoms with Crippen LogP contribution in [0.1, 0.15) is 26.2 Å². The van der Waals surface area contributed by atoms with Crippen molar-refractivity contribution in [1.82, 2.24) is 0 Å². The normalized spacial score (nSPS) is 18.8. The molecule has 7 heteroatoms. The molecule has 156 valence electrons. The van der Waals surface area contributed by atoms with Crippen molar-refractivity contribution in [3.05, 3.63) is 48.5 Å². The van der Waals surface area contributed by atoms with Gasteiger partial charge in [0.1, 0.15) is 5.75 Å². The number of hydrogen-bond acceptors (Lipinski definition) is 4. The lowest BCUT2D eigenvalue weighted by Crippen LogP contribution is -2.28. The third kappa shape index (κ3) is 4.15. The van der Waals surface area contributed by atoms with E-state index < -0.39 is 5.92 Å². The number of nitrogens with one attached hydrogen (secondary N) is 1. The van der Waals surface area contributed by atoms with Crippen molar-refractivity contribution in [2.24, 2.45) is 5.92 Å². The summed E-state index contributed by atoms with van der Waals surface area (Å²) in [5.41, 5.74) is 2.26. The minimum atomic E-state index is -0.413. The van der Waals surface area contributed by atoms with Gasteiger partial charge >= 0.3 is 0 Å². The van der Waals surface area contributed by atoms with E-state index in [1.54, 1.807) is 21.9 Å². The highest BCUT2D eigenvalue weighted by Crippen LogP contribution is 2.28. The fraction of sp³-hybridized carbons (Fsp3) is 0.348. The van der Waals surface area contributed by atoms with Gasteiger partial charge in [0.2, 0.25) is 17.7 Å². The molecule has 1 unspecified atom stereocenters. The van der Waals surface area contributed by atoms with Gasteiger partial charge in [0.15, 0.2) is 0 Å². The Hall–Kier alpha value is -3.35. The Morgan fingerprint density at radius 2 is 1.67 bits per heavy atom. The summed E-state index contributed by atoms with van der Waals surface area (Å²) in [4.78, 5) is 40.4. The first-order valence-corrected chi connectivity index (χ1v) is 10.3. The van der Waals surface area contributed by atoms with Crippen molar-refractivity contribution in [1.29, 1.82) is 0 Å². The molecule has 4 rings (SSSR count). The minimum absolute atomic E-state index is 0.0674. The van der Waals surface area contributed by atoms with Crippen LogP contribution in [0.25, 0.3) is 0 Å². The summed E-state index contributed by atoms with van der Waals surface area (Å²) in [6, 6.07) is 14.6. The summed E-state index contributed by atoms with van der Waals surface area (Å²) in [5.74, 6) is 0.222. The molecule has 0 bridgehead atoms. The zero-order chi connectivity index (χ0) is 21.1. The highest BCUT2D eigenvalue weighted by Gasteiger charge is 2.35. The van der Waals surface area contributed by atoms with E-state index in [-0.39, 0.29) is 24.1 Å². The summed E-state index contributed by atoms with van der Waals surface area (Å²) in [5, 5.41) is 2.89. The van der Waals surface area contributed by atoms with Crippen LogP contribution in [0.4, 0.5) is 17.1 Å². The van der Waals surface area contributed by atoms with Crippen LogP contribution in [0.3, 0.4) is 0 Å². The second-order valence-electron chi connectivity index (χ2n) is 7.52. The molecule has 2 aromatic rings. The first kappa shape index (κ1) is 19.9. The topological polar surface area (TPSA) is 79.0 Å². The number of hydrogen-bond donors (Lipinski definition) is 1. The van der Waals surface area contributed by atoms with Crippen LogP contribution >= 0.6 is 0 Å². The highest BCUT2D eigenvalue weighted by molar-refractivity contribution is 6.03. The SMILES string of the molecule is CCOc1ccc(N2CC(C(=O)Nc3ccc(N4CCCC4=O)cc3)CC2=O)cc1. The lowest BCUT2D eigenvalue weighted by Gasteiger charge is -2.18. The molecule has 2 saturated heterocycles. The zero-order valence-corrected chi connectivity index (χ0v) is 17.0. The van der Waals surface area contributed by atoms with Crippen molar-refractivity contribution in [3.63, 3.8) is 0 Å². The van der Waals surface area contributed by atoms with Gasteiger partial charge in [-0.25, -0.2) is 0 Å². The smallest absolute Gasteiger partial charge is 0.229 e. The fourth-order valence-corrected chi connectivity index (χ4v) is 3.91. The quantitative estimate of drug-likeness (QED) is 0.798. The van der Waals surface area contributed by atoms with E-state index in [0.29, 0.717) is 25.3 Å². The molecule has 2 aromatic carbocycles. The van der Waals surface area contributed by atoms with E-state index in [1.165, 1.54) is 0 Å². The van der Waals surface area contributed by atoms with Crippen molar-refractivity contribution in [3.8, 4) is 5.75 Å². The molecule has 2 aliphatic heterocycles.